The first-order valence-electron chi connectivity index (χ1n) is 9.76. The Bertz CT molecular complexity index is 736. The number of carboxylic acid groups (broad SMARTS) is 2. The zero-order valence-electron chi connectivity index (χ0n) is 18.5. The van der Waals surface area contributed by atoms with Crippen molar-refractivity contribution in [3.8, 4) is 0 Å². The van der Waals surface area contributed by atoms with Gasteiger partial charge in [-0.15, -0.1) is 0 Å². The van der Waals surface area contributed by atoms with Crippen molar-refractivity contribution in [2.75, 3.05) is 0 Å². The molecule has 3 aliphatic rings. The number of carbonyl (C=O) groups is 4. The molecule has 4 unspecified atom stereocenters. The van der Waals surface area contributed by atoms with Crippen molar-refractivity contribution in [1.29, 1.82) is 0 Å². The predicted octanol–water partition coefficient (Wildman–Crippen LogP) is 2.66. The van der Waals surface area contributed by atoms with E-state index in [-0.39, 0.29) is 42.7 Å². The van der Waals surface area contributed by atoms with E-state index in [1.807, 2.05) is 20.8 Å². The van der Waals surface area contributed by atoms with Gasteiger partial charge in [-0.05, 0) is 25.2 Å². The second-order valence-electron chi connectivity index (χ2n) is 9.83. The van der Waals surface area contributed by atoms with Crippen molar-refractivity contribution in [2.45, 2.75) is 67.2 Å². The first kappa shape index (κ1) is 27.5. The molecular weight excluding hydrogens is 641 g/mol. The van der Waals surface area contributed by atoms with Gasteiger partial charge in [0.15, 0.2) is 0 Å². The molecule has 3 rings (SSSR count). The van der Waals surface area contributed by atoms with Crippen LogP contribution in [0.4, 0.5) is 0 Å². The quantitative estimate of drug-likeness (QED) is 0.430. The van der Waals surface area contributed by atoms with Gasteiger partial charge in [0, 0.05) is 19.5 Å². The first-order chi connectivity index (χ1) is 13.1. The summed E-state index contributed by atoms with van der Waals surface area (Å²) in [6, 6.07) is 0. The summed E-state index contributed by atoms with van der Waals surface area (Å²) in [5.74, 6) is -2.79. The molecule has 164 valence electrons. The number of aliphatic carboxylic acids is 2. The van der Waals surface area contributed by atoms with Gasteiger partial charge in [-0.3, -0.25) is 9.59 Å². The molecule has 3 fully saturated rings. The van der Waals surface area contributed by atoms with E-state index in [0.717, 1.165) is 12.8 Å². The van der Waals surface area contributed by atoms with E-state index >= 15 is 0 Å². The molecule has 8 nitrogen and oxygen atoms in total. The largest absolute Gasteiger partial charge is 0 e. The molecule has 2 saturated carbocycles. The summed E-state index contributed by atoms with van der Waals surface area (Å²) in [6.07, 6.45) is 2.35. The standard InChI is InChI=1S/2C10H16O4.Pb.Zn/c2*1-9(2)6(7(11)12)4-5-10(9,3)8(13)14;;/h2*6H,4-5H2,1-3H3,(H,11,12)(H,13,14);;/q;;+2;/p-2. The molecule has 1 aliphatic heterocycles. The summed E-state index contributed by atoms with van der Waals surface area (Å²) in [5, 5.41) is 18.1. The topological polar surface area (TPSA) is 127 Å². The van der Waals surface area contributed by atoms with Crippen LogP contribution in [0.25, 0.3) is 0 Å². The summed E-state index contributed by atoms with van der Waals surface area (Å²) >= 11 is -1.94. The van der Waals surface area contributed by atoms with E-state index in [1.54, 1.807) is 20.8 Å². The van der Waals surface area contributed by atoms with Crippen molar-refractivity contribution in [1.82, 2.24) is 0 Å². The Labute approximate surface area is 203 Å². The molecule has 4 atom stereocenters. The average Bonchev–Trinajstić information content (AvgIpc) is 3.00. The SMILES string of the molecule is CC1(C(=O)O)CCC(C(=O)O)C1(C)C.CC12CCC(C(=O)[O][Pb][O]C1=O)C2(C)C.[Zn]. The number of rotatable bonds is 2. The van der Waals surface area contributed by atoms with Crippen LogP contribution in [0.2, 0.25) is 0 Å². The van der Waals surface area contributed by atoms with Gasteiger partial charge in [-0.1, -0.05) is 13.8 Å². The molecule has 1 saturated heterocycles. The minimum Gasteiger partial charge on any atom is 0 e. The number of carbonyl (C=O) groups excluding carboxylic acids is 2. The average molecular weight is 671 g/mol. The third-order valence-electron chi connectivity index (χ3n) is 8.23. The molecule has 1 heterocycles. The number of hydrogen-bond donors (Lipinski definition) is 2. The van der Waals surface area contributed by atoms with Gasteiger partial charge >= 0.3 is 114 Å². The number of hydrogen-bond acceptors (Lipinski definition) is 6. The van der Waals surface area contributed by atoms with Crippen LogP contribution in [0.5, 0.6) is 0 Å². The Kier molecular flexibility index (Phi) is 8.35. The van der Waals surface area contributed by atoms with Crippen molar-refractivity contribution in [3.05, 3.63) is 0 Å². The normalized spacial score (nSPS) is 36.1. The Morgan fingerprint density at radius 3 is 1.93 bits per heavy atom. The van der Waals surface area contributed by atoms with Gasteiger partial charge < -0.3 is 10.2 Å². The molecule has 10 heteroatoms. The molecule has 0 aromatic rings. The van der Waals surface area contributed by atoms with Crippen molar-refractivity contribution in [3.63, 3.8) is 0 Å². The summed E-state index contributed by atoms with van der Waals surface area (Å²) in [7, 11) is 0. The predicted molar refractivity (Wildman–Crippen MR) is 102 cm³/mol. The zero-order valence-corrected chi connectivity index (χ0v) is 25.4. The van der Waals surface area contributed by atoms with Crippen molar-refractivity contribution >= 4 is 49.0 Å². The Morgan fingerprint density at radius 2 is 1.50 bits per heavy atom. The van der Waals surface area contributed by atoms with Crippen LogP contribution in [-0.2, 0) is 44.0 Å². The fourth-order valence-electron chi connectivity index (χ4n) is 4.88. The van der Waals surface area contributed by atoms with Crippen LogP contribution in [0, 0.1) is 33.5 Å². The minimum absolute atomic E-state index is 0. The number of carboxylic acids is 2. The van der Waals surface area contributed by atoms with Crippen molar-refractivity contribution in [2.24, 2.45) is 33.5 Å². The molecular formula is C20H30O8PbZn. The van der Waals surface area contributed by atoms with Crippen LogP contribution in [-0.4, -0.2) is 59.2 Å². The minimum atomic E-state index is -1.94. The molecule has 0 amide bonds. The molecule has 0 spiro atoms. The zero-order chi connectivity index (χ0) is 22.4. The van der Waals surface area contributed by atoms with E-state index in [4.69, 9.17) is 15.6 Å². The second-order valence-corrected chi connectivity index (χ2v) is 12.1. The fourth-order valence-corrected chi connectivity index (χ4v) is 7.08. The van der Waals surface area contributed by atoms with Crippen LogP contribution < -0.4 is 0 Å². The molecule has 0 aromatic carbocycles. The maximum atomic E-state index is 11.9. The monoisotopic (exact) mass is 670 g/mol. The van der Waals surface area contributed by atoms with Crippen LogP contribution in [0.15, 0.2) is 0 Å². The maximum absolute atomic E-state index is 11.9. The molecule has 2 aliphatic carbocycles. The smallest absolute Gasteiger partial charge is 0 e. The van der Waals surface area contributed by atoms with Gasteiger partial charge in [0.2, 0.25) is 0 Å². The maximum Gasteiger partial charge on any atom is 0 e. The summed E-state index contributed by atoms with van der Waals surface area (Å²) in [5.41, 5.74) is -2.48. The van der Waals surface area contributed by atoms with Crippen LogP contribution in [0.1, 0.15) is 67.2 Å². The molecule has 0 aromatic heterocycles. The van der Waals surface area contributed by atoms with Gasteiger partial charge in [-0.25, -0.2) is 0 Å². The van der Waals surface area contributed by atoms with Gasteiger partial charge in [0.05, 0.1) is 11.3 Å². The van der Waals surface area contributed by atoms with Gasteiger partial charge in [0.1, 0.15) is 0 Å². The van der Waals surface area contributed by atoms with E-state index in [1.165, 1.54) is 0 Å². The third kappa shape index (κ3) is 4.21. The summed E-state index contributed by atoms with van der Waals surface area (Å²) in [6.45, 7) is 10.9. The Hall–Kier alpha value is -0.575. The number of fused-ring (bicyclic) bond motifs is 2. The van der Waals surface area contributed by atoms with Crippen LogP contribution in [0.3, 0.4) is 0 Å². The second kappa shape index (κ2) is 9.12. The summed E-state index contributed by atoms with van der Waals surface area (Å²) < 4.78 is 10.2. The molecule has 30 heavy (non-hydrogen) atoms. The molecule has 2 radical (unpaired) electrons. The summed E-state index contributed by atoms with van der Waals surface area (Å²) in [4.78, 5) is 45.7. The van der Waals surface area contributed by atoms with E-state index in [2.05, 4.69) is 0 Å². The van der Waals surface area contributed by atoms with Gasteiger partial charge in [0.25, 0.3) is 0 Å². The van der Waals surface area contributed by atoms with E-state index in [0.29, 0.717) is 12.8 Å². The van der Waals surface area contributed by atoms with Crippen LogP contribution >= 0.6 is 0 Å². The Morgan fingerprint density at radius 1 is 0.933 bits per heavy atom. The fraction of sp³-hybridized carbons (Fsp3) is 0.800. The van der Waals surface area contributed by atoms with Crippen molar-refractivity contribution < 1.29 is 54.2 Å². The van der Waals surface area contributed by atoms with Gasteiger partial charge in [-0.2, -0.15) is 0 Å². The first-order valence-corrected chi connectivity index (χ1v) is 12.9. The molecule has 2 bridgehead atoms. The Balaban J connectivity index is 0.000000291. The van der Waals surface area contributed by atoms with E-state index in [9.17, 15) is 19.2 Å². The third-order valence-corrected chi connectivity index (χ3v) is 10.4. The molecule has 2 N–H and O–H groups in total. The van der Waals surface area contributed by atoms with E-state index < -0.39 is 59.2 Å².